The second kappa shape index (κ2) is 6.63. The van der Waals surface area contributed by atoms with Gasteiger partial charge in [-0.1, -0.05) is 12.1 Å². The maximum absolute atomic E-state index is 13.7. The number of amides is 2. The molecule has 1 aliphatic heterocycles. The van der Waals surface area contributed by atoms with Crippen molar-refractivity contribution in [2.24, 2.45) is 7.05 Å². The van der Waals surface area contributed by atoms with Crippen LogP contribution in [0.2, 0.25) is 0 Å². The zero-order chi connectivity index (χ0) is 17.3. The average molecular weight is 330 g/mol. The number of halogens is 1. The molecule has 0 aliphatic carbocycles. The van der Waals surface area contributed by atoms with Crippen LogP contribution >= 0.6 is 0 Å². The van der Waals surface area contributed by atoms with Gasteiger partial charge in [0, 0.05) is 25.4 Å². The van der Waals surface area contributed by atoms with E-state index in [0.717, 1.165) is 30.5 Å². The van der Waals surface area contributed by atoms with Crippen molar-refractivity contribution in [1.82, 2.24) is 20.0 Å². The van der Waals surface area contributed by atoms with Crippen molar-refractivity contribution in [2.75, 3.05) is 6.54 Å². The highest BCUT2D eigenvalue weighted by Crippen LogP contribution is 2.31. The number of urea groups is 1. The summed E-state index contributed by atoms with van der Waals surface area (Å²) in [6.07, 6.45) is 5.68. The molecule has 1 aromatic carbocycles. The van der Waals surface area contributed by atoms with Gasteiger partial charge in [0.15, 0.2) is 0 Å². The molecular formula is C18H23FN4O. The van der Waals surface area contributed by atoms with Crippen LogP contribution in [0.25, 0.3) is 0 Å². The molecule has 0 spiro atoms. The number of rotatable bonds is 3. The molecule has 1 aromatic heterocycles. The number of carbonyl (C=O) groups is 1. The summed E-state index contributed by atoms with van der Waals surface area (Å²) >= 11 is 0. The number of carbonyl (C=O) groups excluding carboxylic acids is 1. The molecule has 5 nitrogen and oxygen atoms in total. The van der Waals surface area contributed by atoms with Crippen molar-refractivity contribution in [1.29, 1.82) is 0 Å². The first-order valence-electron chi connectivity index (χ1n) is 8.27. The zero-order valence-corrected chi connectivity index (χ0v) is 14.3. The van der Waals surface area contributed by atoms with E-state index >= 15 is 0 Å². The van der Waals surface area contributed by atoms with E-state index in [1.165, 1.54) is 6.07 Å². The lowest BCUT2D eigenvalue weighted by molar-refractivity contribution is 0.189. The van der Waals surface area contributed by atoms with Crippen LogP contribution < -0.4 is 5.32 Å². The molecule has 1 N–H and O–H groups in total. The number of benzene rings is 1. The second-order valence-electron chi connectivity index (χ2n) is 6.48. The fraction of sp³-hybridized carbons (Fsp3) is 0.444. The largest absolute Gasteiger partial charge is 0.331 e. The Morgan fingerprint density at radius 2 is 2.25 bits per heavy atom. The Hall–Kier alpha value is -2.37. The van der Waals surface area contributed by atoms with Crippen LogP contribution in [-0.4, -0.2) is 27.3 Å². The van der Waals surface area contributed by atoms with Crippen molar-refractivity contribution in [3.63, 3.8) is 0 Å². The first-order chi connectivity index (χ1) is 11.5. The van der Waals surface area contributed by atoms with E-state index in [2.05, 4.69) is 10.4 Å². The van der Waals surface area contributed by atoms with Crippen LogP contribution in [0.15, 0.2) is 30.6 Å². The highest BCUT2D eigenvalue weighted by molar-refractivity contribution is 5.75. The van der Waals surface area contributed by atoms with Crippen molar-refractivity contribution < 1.29 is 9.18 Å². The Labute approximate surface area is 141 Å². The van der Waals surface area contributed by atoms with Gasteiger partial charge in [0.05, 0.1) is 18.3 Å². The topological polar surface area (TPSA) is 50.2 Å². The third-order valence-corrected chi connectivity index (χ3v) is 4.66. The van der Waals surface area contributed by atoms with Crippen LogP contribution in [0, 0.1) is 12.7 Å². The lowest BCUT2D eigenvalue weighted by Crippen LogP contribution is -2.40. The van der Waals surface area contributed by atoms with Crippen LogP contribution in [0.3, 0.4) is 0 Å². The molecule has 24 heavy (non-hydrogen) atoms. The standard InChI is InChI=1S/C18H23FN4O/c1-12-6-7-14(9-16(12)19)13(2)21-18(24)23-8-4-5-17(23)15-10-20-22(3)11-15/h6-7,9-11,13,17H,4-5,8H2,1-3H3,(H,21,24). The van der Waals surface area contributed by atoms with E-state index in [9.17, 15) is 9.18 Å². The van der Waals surface area contributed by atoms with Gasteiger partial charge >= 0.3 is 6.03 Å². The normalized spacial score (nSPS) is 18.7. The number of aryl methyl sites for hydroxylation is 2. The minimum absolute atomic E-state index is 0.0562. The molecule has 2 amide bonds. The lowest BCUT2D eigenvalue weighted by atomic mass is 10.1. The zero-order valence-electron chi connectivity index (χ0n) is 14.3. The molecule has 6 heteroatoms. The minimum atomic E-state index is -0.247. The van der Waals surface area contributed by atoms with Gasteiger partial charge < -0.3 is 10.2 Å². The SMILES string of the molecule is Cc1ccc(C(C)NC(=O)N2CCCC2c2cnn(C)c2)cc1F. The summed E-state index contributed by atoms with van der Waals surface area (Å²) in [5, 5.41) is 7.18. The first kappa shape index (κ1) is 16.5. The third kappa shape index (κ3) is 3.27. The van der Waals surface area contributed by atoms with E-state index in [0.29, 0.717) is 5.56 Å². The van der Waals surface area contributed by atoms with Gasteiger partial charge in [-0.15, -0.1) is 0 Å². The highest BCUT2D eigenvalue weighted by Gasteiger charge is 2.31. The average Bonchev–Trinajstić information content (AvgIpc) is 3.18. The monoisotopic (exact) mass is 330 g/mol. The maximum Gasteiger partial charge on any atom is 0.318 e. The van der Waals surface area contributed by atoms with Crippen LogP contribution in [0.5, 0.6) is 0 Å². The molecule has 0 bridgehead atoms. The fourth-order valence-corrected chi connectivity index (χ4v) is 3.20. The van der Waals surface area contributed by atoms with Gasteiger partial charge in [0.25, 0.3) is 0 Å². The molecule has 1 saturated heterocycles. The van der Waals surface area contributed by atoms with Gasteiger partial charge in [-0.2, -0.15) is 5.10 Å². The molecule has 128 valence electrons. The Bertz CT molecular complexity index is 742. The van der Waals surface area contributed by atoms with Crippen molar-refractivity contribution in [3.8, 4) is 0 Å². The van der Waals surface area contributed by atoms with E-state index in [4.69, 9.17) is 0 Å². The molecule has 2 atom stereocenters. The smallest absolute Gasteiger partial charge is 0.318 e. The molecule has 3 rings (SSSR count). The molecule has 1 fully saturated rings. The van der Waals surface area contributed by atoms with Crippen LogP contribution in [-0.2, 0) is 7.05 Å². The second-order valence-corrected chi connectivity index (χ2v) is 6.48. The Morgan fingerprint density at radius 1 is 1.46 bits per heavy atom. The number of hydrogen-bond donors (Lipinski definition) is 1. The van der Waals surface area contributed by atoms with Crippen molar-refractivity contribution in [3.05, 3.63) is 53.1 Å². The van der Waals surface area contributed by atoms with Crippen LogP contribution in [0.1, 0.15) is 48.5 Å². The fourth-order valence-electron chi connectivity index (χ4n) is 3.20. The van der Waals surface area contributed by atoms with Crippen LogP contribution in [0.4, 0.5) is 9.18 Å². The van der Waals surface area contributed by atoms with Crippen molar-refractivity contribution in [2.45, 2.75) is 38.8 Å². The van der Waals surface area contributed by atoms with Gasteiger partial charge in [0.2, 0.25) is 0 Å². The molecule has 2 heterocycles. The number of aromatic nitrogens is 2. The first-order valence-corrected chi connectivity index (χ1v) is 8.27. The Morgan fingerprint density at radius 3 is 2.92 bits per heavy atom. The summed E-state index contributed by atoms with van der Waals surface area (Å²) in [7, 11) is 1.87. The number of hydrogen-bond acceptors (Lipinski definition) is 2. The van der Waals surface area contributed by atoms with E-state index in [1.807, 2.05) is 37.3 Å². The third-order valence-electron chi connectivity index (χ3n) is 4.66. The highest BCUT2D eigenvalue weighted by atomic mass is 19.1. The minimum Gasteiger partial charge on any atom is -0.331 e. The molecule has 2 aromatic rings. The summed E-state index contributed by atoms with van der Waals surface area (Å²) in [6, 6.07) is 4.77. The quantitative estimate of drug-likeness (QED) is 0.937. The van der Waals surface area contributed by atoms with E-state index in [-0.39, 0.29) is 23.9 Å². The Balaban J connectivity index is 1.70. The summed E-state index contributed by atoms with van der Waals surface area (Å²) < 4.78 is 15.5. The van der Waals surface area contributed by atoms with Gasteiger partial charge in [-0.3, -0.25) is 4.68 Å². The molecular weight excluding hydrogens is 307 g/mol. The maximum atomic E-state index is 13.7. The summed E-state index contributed by atoms with van der Waals surface area (Å²) in [4.78, 5) is 14.5. The number of likely N-dealkylation sites (tertiary alicyclic amines) is 1. The summed E-state index contributed by atoms with van der Waals surface area (Å²) in [6.45, 7) is 4.32. The number of nitrogens with zero attached hydrogens (tertiary/aromatic N) is 3. The Kier molecular flexibility index (Phi) is 4.55. The van der Waals surface area contributed by atoms with Crippen molar-refractivity contribution >= 4 is 6.03 Å². The number of nitrogens with one attached hydrogen (secondary N) is 1. The van der Waals surface area contributed by atoms with Gasteiger partial charge in [-0.05, 0) is 43.9 Å². The lowest BCUT2D eigenvalue weighted by Gasteiger charge is -2.26. The predicted octanol–water partition coefficient (Wildman–Crippen LogP) is 3.48. The molecule has 0 saturated carbocycles. The van der Waals surface area contributed by atoms with E-state index in [1.54, 1.807) is 17.7 Å². The van der Waals surface area contributed by atoms with Gasteiger partial charge in [-0.25, -0.2) is 9.18 Å². The molecule has 1 aliphatic rings. The summed E-state index contributed by atoms with van der Waals surface area (Å²) in [5.41, 5.74) is 2.43. The molecule has 2 unspecified atom stereocenters. The molecule has 0 radical (unpaired) electrons. The predicted molar refractivity (Wildman–Crippen MR) is 90.0 cm³/mol. The van der Waals surface area contributed by atoms with Gasteiger partial charge in [0.1, 0.15) is 5.82 Å². The summed E-state index contributed by atoms with van der Waals surface area (Å²) in [5.74, 6) is -0.247. The van der Waals surface area contributed by atoms with E-state index < -0.39 is 0 Å².